The van der Waals surface area contributed by atoms with Crippen LogP contribution in [0, 0.1) is 30.7 Å². The normalized spacial score (nSPS) is 15.1. The van der Waals surface area contributed by atoms with E-state index in [2.05, 4.69) is 12.1 Å². The molecule has 0 radical (unpaired) electrons. The molecule has 0 amide bonds. The van der Waals surface area contributed by atoms with Gasteiger partial charge in [-0.3, -0.25) is 8.78 Å². The minimum atomic E-state index is -0.814. The SMILES string of the molecule is Cc1c(F)c2[c-]c(c1F)C(C)(C)c1[c-]c(ccc1)-c1cccc(n1)C(C)(C)c1cccc-2n1.[Pt+2]. The molecule has 8 bridgehead atoms. The predicted molar refractivity (Wildman–Crippen MR) is 126 cm³/mol. The molecule has 0 aliphatic carbocycles. The Morgan fingerprint density at radius 2 is 1.29 bits per heavy atom. The Morgan fingerprint density at radius 3 is 1.97 bits per heavy atom. The molecule has 0 atom stereocenters. The Hall–Kier alpha value is -2.71. The maximum atomic E-state index is 15.5. The second-order valence-corrected chi connectivity index (χ2v) is 9.67. The van der Waals surface area contributed by atoms with Crippen LogP contribution in [-0.4, -0.2) is 9.97 Å². The molecular formula is C29H24F2N2Pt. The van der Waals surface area contributed by atoms with E-state index in [1.807, 2.05) is 76.2 Å². The second kappa shape index (κ2) is 8.50. The number of hydrogen-bond acceptors (Lipinski definition) is 2. The summed E-state index contributed by atoms with van der Waals surface area (Å²) in [6, 6.07) is 23.7. The maximum absolute atomic E-state index is 15.5. The Labute approximate surface area is 213 Å². The number of benzene rings is 2. The van der Waals surface area contributed by atoms with E-state index in [0.717, 1.165) is 28.2 Å². The summed E-state index contributed by atoms with van der Waals surface area (Å²) in [5.41, 5.74) is 3.46. The smallest absolute Gasteiger partial charge is 0.300 e. The summed E-state index contributed by atoms with van der Waals surface area (Å²) in [7, 11) is 0. The molecule has 2 nitrogen and oxygen atoms in total. The molecule has 0 fully saturated rings. The van der Waals surface area contributed by atoms with Gasteiger partial charge in [-0.2, -0.15) is 0 Å². The first-order valence-electron chi connectivity index (χ1n) is 11.0. The molecule has 0 unspecified atom stereocenters. The molecule has 0 saturated heterocycles. The molecule has 1 aliphatic rings. The van der Waals surface area contributed by atoms with E-state index in [4.69, 9.17) is 9.97 Å². The average Bonchev–Trinajstić information content (AvgIpc) is 2.82. The van der Waals surface area contributed by atoms with Gasteiger partial charge < -0.3 is 9.97 Å². The standard InChI is InChI=1S/C29H24F2N2.Pt/c1-17-26(30)20-16-21(27(17)31)28(2,3)19-10-6-9-18(15-19)22-11-7-13-24(32-22)29(4,5)25-14-8-12-23(20)33-25;/h6-14H,1-5H3;/q-2;+2. The molecule has 174 valence electrons. The van der Waals surface area contributed by atoms with Crippen molar-refractivity contribution in [1.29, 1.82) is 0 Å². The summed E-state index contributed by atoms with van der Waals surface area (Å²) < 4.78 is 30.8. The monoisotopic (exact) mass is 633 g/mol. The van der Waals surface area contributed by atoms with Crippen LogP contribution >= 0.6 is 0 Å². The van der Waals surface area contributed by atoms with Crippen LogP contribution in [0.2, 0.25) is 0 Å². The number of halogens is 2. The molecule has 3 heterocycles. The molecule has 5 rings (SSSR count). The van der Waals surface area contributed by atoms with E-state index in [9.17, 15) is 0 Å². The van der Waals surface area contributed by atoms with E-state index in [1.165, 1.54) is 6.92 Å². The summed E-state index contributed by atoms with van der Waals surface area (Å²) in [4.78, 5) is 9.75. The van der Waals surface area contributed by atoms with Gasteiger partial charge in [0.15, 0.2) is 0 Å². The first-order valence-corrected chi connectivity index (χ1v) is 11.0. The van der Waals surface area contributed by atoms with Crippen molar-refractivity contribution in [2.45, 2.75) is 45.4 Å². The fourth-order valence-corrected chi connectivity index (χ4v) is 4.42. The molecular weight excluding hydrogens is 609 g/mol. The van der Waals surface area contributed by atoms with Crippen LogP contribution in [0.15, 0.2) is 54.6 Å². The van der Waals surface area contributed by atoms with Gasteiger partial charge in [0.05, 0.1) is 0 Å². The topological polar surface area (TPSA) is 25.8 Å². The van der Waals surface area contributed by atoms with Crippen LogP contribution in [0.5, 0.6) is 0 Å². The van der Waals surface area contributed by atoms with E-state index >= 15 is 8.78 Å². The van der Waals surface area contributed by atoms with Gasteiger partial charge in [0.25, 0.3) is 0 Å². The number of rotatable bonds is 0. The van der Waals surface area contributed by atoms with Gasteiger partial charge in [-0.15, -0.1) is 41.5 Å². The molecule has 0 saturated carbocycles. The zero-order valence-corrected chi connectivity index (χ0v) is 21.9. The van der Waals surface area contributed by atoms with Crippen molar-refractivity contribution in [3.8, 4) is 22.5 Å². The molecule has 5 heteroatoms. The molecule has 2 aromatic heterocycles. The van der Waals surface area contributed by atoms with Crippen molar-refractivity contribution < 1.29 is 29.8 Å². The van der Waals surface area contributed by atoms with Gasteiger partial charge in [0.1, 0.15) is 0 Å². The first-order chi connectivity index (χ1) is 15.6. The fourth-order valence-electron chi connectivity index (χ4n) is 4.42. The Morgan fingerprint density at radius 1 is 0.706 bits per heavy atom. The molecule has 34 heavy (non-hydrogen) atoms. The van der Waals surface area contributed by atoms with Crippen molar-refractivity contribution >= 4 is 0 Å². The molecule has 2 aromatic carbocycles. The summed E-state index contributed by atoms with van der Waals surface area (Å²) in [5.74, 6) is -1.23. The summed E-state index contributed by atoms with van der Waals surface area (Å²) >= 11 is 0. The van der Waals surface area contributed by atoms with E-state index in [0.29, 0.717) is 5.69 Å². The molecule has 0 N–H and O–H groups in total. The third kappa shape index (κ3) is 3.73. The zero-order chi connectivity index (χ0) is 23.5. The van der Waals surface area contributed by atoms with Crippen molar-refractivity contribution in [1.82, 2.24) is 9.97 Å². The summed E-state index contributed by atoms with van der Waals surface area (Å²) in [5, 5.41) is 0. The minimum absolute atomic E-state index is 0. The van der Waals surface area contributed by atoms with Crippen LogP contribution in [0.1, 0.15) is 55.8 Å². The van der Waals surface area contributed by atoms with E-state index < -0.39 is 22.5 Å². The quantitative estimate of drug-likeness (QED) is 0.196. The predicted octanol–water partition coefficient (Wildman–Crippen LogP) is 6.96. The Bertz CT molecular complexity index is 1410. The largest absolute Gasteiger partial charge is 2.00 e. The molecule has 4 aromatic rings. The number of hydrogen-bond donors (Lipinski definition) is 0. The maximum Gasteiger partial charge on any atom is 2.00 e. The fraction of sp³-hybridized carbons (Fsp3) is 0.241. The number of pyridine rings is 2. The van der Waals surface area contributed by atoms with Gasteiger partial charge in [0.2, 0.25) is 0 Å². The average molecular weight is 634 g/mol. The Kier molecular flexibility index (Phi) is 6.10. The zero-order valence-electron chi connectivity index (χ0n) is 19.7. The van der Waals surface area contributed by atoms with E-state index in [1.54, 1.807) is 6.07 Å². The molecule has 1 aliphatic heterocycles. The number of fused-ring (bicyclic) bond motifs is 10. The van der Waals surface area contributed by atoms with Crippen molar-refractivity contribution in [3.05, 3.63) is 106 Å². The minimum Gasteiger partial charge on any atom is -0.300 e. The van der Waals surface area contributed by atoms with Crippen LogP contribution in [0.25, 0.3) is 22.5 Å². The van der Waals surface area contributed by atoms with Gasteiger partial charge in [-0.1, -0.05) is 61.7 Å². The van der Waals surface area contributed by atoms with Crippen LogP contribution in [0.4, 0.5) is 8.78 Å². The van der Waals surface area contributed by atoms with E-state index in [-0.39, 0.29) is 37.8 Å². The van der Waals surface area contributed by atoms with Gasteiger partial charge >= 0.3 is 21.1 Å². The first kappa shape index (κ1) is 24.4. The van der Waals surface area contributed by atoms with Crippen molar-refractivity contribution in [2.75, 3.05) is 0 Å². The molecule has 0 spiro atoms. The van der Waals surface area contributed by atoms with Crippen LogP contribution < -0.4 is 0 Å². The Balaban J connectivity index is 0.00000274. The summed E-state index contributed by atoms with van der Waals surface area (Å²) in [6.45, 7) is 9.36. The number of aromatic nitrogens is 2. The van der Waals surface area contributed by atoms with Gasteiger partial charge in [0, 0.05) is 28.4 Å². The number of nitrogens with zero attached hydrogens (tertiary/aromatic N) is 2. The van der Waals surface area contributed by atoms with Crippen LogP contribution in [0.3, 0.4) is 0 Å². The summed E-state index contributed by atoms with van der Waals surface area (Å²) in [6.07, 6.45) is 0. The van der Waals surface area contributed by atoms with Crippen molar-refractivity contribution in [3.63, 3.8) is 0 Å². The van der Waals surface area contributed by atoms with Gasteiger partial charge in [-0.05, 0) is 42.8 Å². The van der Waals surface area contributed by atoms with Crippen LogP contribution in [-0.2, 0) is 31.9 Å². The third-order valence-corrected chi connectivity index (χ3v) is 6.75. The second-order valence-electron chi connectivity index (χ2n) is 9.67. The van der Waals surface area contributed by atoms with Gasteiger partial charge in [-0.25, -0.2) is 0 Å². The third-order valence-electron chi connectivity index (χ3n) is 6.75. The van der Waals surface area contributed by atoms with Crippen molar-refractivity contribution in [2.24, 2.45) is 0 Å².